The van der Waals surface area contributed by atoms with Crippen LogP contribution in [0.15, 0.2) is 35.5 Å². The average molecular weight is 575 g/mol. The van der Waals surface area contributed by atoms with Gasteiger partial charge >= 0.3 is 5.97 Å². The van der Waals surface area contributed by atoms with Crippen LogP contribution in [0.4, 0.5) is 0 Å². The van der Waals surface area contributed by atoms with E-state index in [9.17, 15) is 29.4 Å². The van der Waals surface area contributed by atoms with Crippen LogP contribution in [0.5, 0.6) is 0 Å². The van der Waals surface area contributed by atoms with Crippen LogP contribution in [-0.2, 0) is 25.6 Å². The molecule has 6 atom stereocenters. The van der Waals surface area contributed by atoms with Crippen molar-refractivity contribution in [1.29, 1.82) is 0 Å². The summed E-state index contributed by atoms with van der Waals surface area (Å²) in [7, 11) is 0. The number of aliphatic hydroxyl groups is 1. The summed E-state index contributed by atoms with van der Waals surface area (Å²) in [6.45, 7) is 5.03. The Morgan fingerprint density at radius 1 is 1.00 bits per heavy atom. The standard InChI is InChI=1S/C27H42N8O6/c1-4-14(2)22(26(40)41)35-23(37)19(10-7-11-31-27(29)30)33-24(38)20(34-25(39)21(28)15(3)36)12-16-13-32-18-9-6-5-8-17(16)18/h5-6,8-9,13-15,19-22,32,36H,4,7,10-12,28H2,1-3H3,(H,33,38)(H,34,39)(H,35,37)(H,40,41)(H4,29,30,31). The summed E-state index contributed by atoms with van der Waals surface area (Å²) in [5, 5.41) is 28.0. The van der Waals surface area contributed by atoms with E-state index < -0.39 is 54.0 Å². The van der Waals surface area contributed by atoms with Crippen molar-refractivity contribution in [2.24, 2.45) is 28.1 Å². The predicted octanol–water partition coefficient (Wildman–Crippen LogP) is -0.943. The molecule has 6 unspecified atom stereocenters. The van der Waals surface area contributed by atoms with Crippen LogP contribution in [0.25, 0.3) is 10.9 Å². The SMILES string of the molecule is CCC(C)C(NC(=O)C(CCCN=C(N)N)NC(=O)C(Cc1c[nH]c2ccccc12)NC(=O)C(N)C(C)O)C(=O)O. The number of aromatic nitrogens is 1. The van der Waals surface area contributed by atoms with Crippen LogP contribution in [0.3, 0.4) is 0 Å². The Morgan fingerprint density at radius 3 is 2.24 bits per heavy atom. The van der Waals surface area contributed by atoms with Gasteiger partial charge in [-0.25, -0.2) is 4.79 Å². The van der Waals surface area contributed by atoms with Crippen LogP contribution in [-0.4, -0.2) is 81.7 Å². The molecule has 2 aromatic rings. The number of H-pyrrole nitrogens is 1. The lowest BCUT2D eigenvalue weighted by Gasteiger charge is -2.27. The van der Waals surface area contributed by atoms with Crippen molar-refractivity contribution < 1.29 is 29.4 Å². The lowest BCUT2D eigenvalue weighted by molar-refractivity contribution is -0.144. The number of guanidine groups is 1. The number of nitrogens with one attached hydrogen (secondary N) is 4. The lowest BCUT2D eigenvalue weighted by atomic mass is 9.98. The molecule has 1 aromatic carbocycles. The van der Waals surface area contributed by atoms with Crippen molar-refractivity contribution in [2.75, 3.05) is 6.54 Å². The summed E-state index contributed by atoms with van der Waals surface area (Å²) in [5.74, 6) is -3.85. The molecule has 0 aliphatic heterocycles. The van der Waals surface area contributed by atoms with E-state index >= 15 is 0 Å². The van der Waals surface area contributed by atoms with Gasteiger partial charge in [-0.05, 0) is 37.3 Å². The van der Waals surface area contributed by atoms with Gasteiger partial charge in [-0.1, -0.05) is 38.5 Å². The topological polar surface area (TPSA) is 251 Å². The first kappa shape index (κ1) is 33.0. The number of aliphatic imine (C=N–C) groups is 1. The number of carbonyl (C=O) groups excluding carboxylic acids is 3. The zero-order valence-electron chi connectivity index (χ0n) is 23.6. The highest BCUT2D eigenvalue weighted by Gasteiger charge is 2.32. The van der Waals surface area contributed by atoms with Crippen LogP contribution < -0.4 is 33.2 Å². The molecule has 14 heteroatoms. The number of hydrogen-bond acceptors (Lipinski definition) is 7. The lowest BCUT2D eigenvalue weighted by Crippen LogP contribution is -2.59. The molecule has 226 valence electrons. The number of nitrogens with zero attached hydrogens (tertiary/aromatic N) is 1. The molecule has 14 nitrogen and oxygen atoms in total. The van der Waals surface area contributed by atoms with Crippen LogP contribution in [0.2, 0.25) is 0 Å². The van der Waals surface area contributed by atoms with Crippen molar-refractivity contribution in [1.82, 2.24) is 20.9 Å². The van der Waals surface area contributed by atoms with E-state index in [1.807, 2.05) is 24.3 Å². The zero-order chi connectivity index (χ0) is 30.7. The summed E-state index contributed by atoms with van der Waals surface area (Å²) in [6.07, 6.45) is 1.47. The summed E-state index contributed by atoms with van der Waals surface area (Å²) in [6, 6.07) is 2.62. The van der Waals surface area contributed by atoms with Gasteiger partial charge in [0.2, 0.25) is 17.7 Å². The van der Waals surface area contributed by atoms with E-state index in [4.69, 9.17) is 17.2 Å². The van der Waals surface area contributed by atoms with Gasteiger partial charge in [-0.15, -0.1) is 0 Å². The number of aromatic amines is 1. The number of rotatable bonds is 16. The molecule has 0 radical (unpaired) electrons. The summed E-state index contributed by atoms with van der Waals surface area (Å²) < 4.78 is 0. The maximum atomic E-state index is 13.6. The Bertz CT molecular complexity index is 1230. The molecular weight excluding hydrogens is 532 g/mol. The Balaban J connectivity index is 2.34. The van der Waals surface area contributed by atoms with Gasteiger partial charge in [0.1, 0.15) is 24.2 Å². The highest BCUT2D eigenvalue weighted by molar-refractivity contribution is 5.95. The Hall–Kier alpha value is -4.17. The smallest absolute Gasteiger partial charge is 0.326 e. The van der Waals surface area contributed by atoms with Crippen LogP contribution >= 0.6 is 0 Å². The number of aliphatic carboxylic acids is 1. The van der Waals surface area contributed by atoms with E-state index in [2.05, 4.69) is 25.9 Å². The number of fused-ring (bicyclic) bond motifs is 1. The monoisotopic (exact) mass is 574 g/mol. The normalized spacial score (nSPS) is 15.5. The van der Waals surface area contributed by atoms with E-state index in [0.29, 0.717) is 12.8 Å². The van der Waals surface area contributed by atoms with E-state index in [0.717, 1.165) is 16.5 Å². The first-order valence-electron chi connectivity index (χ1n) is 13.5. The molecule has 3 amide bonds. The van der Waals surface area contributed by atoms with Gasteiger partial charge in [-0.3, -0.25) is 19.4 Å². The summed E-state index contributed by atoms with van der Waals surface area (Å²) in [4.78, 5) is 58.4. The molecule has 0 spiro atoms. The minimum atomic E-state index is -1.29. The molecule has 0 saturated carbocycles. The van der Waals surface area contributed by atoms with Crippen LogP contribution in [0, 0.1) is 5.92 Å². The summed E-state index contributed by atoms with van der Waals surface area (Å²) in [5.41, 5.74) is 18.1. The van der Waals surface area contributed by atoms with Gasteiger partial charge in [-0.2, -0.15) is 0 Å². The molecule has 0 aliphatic carbocycles. The molecule has 0 aliphatic rings. The van der Waals surface area contributed by atoms with E-state index in [1.165, 1.54) is 6.92 Å². The van der Waals surface area contributed by atoms with Crippen molar-refractivity contribution in [3.63, 3.8) is 0 Å². The number of nitrogens with two attached hydrogens (primary N) is 3. The fourth-order valence-corrected chi connectivity index (χ4v) is 4.20. The second kappa shape index (κ2) is 15.6. The first-order chi connectivity index (χ1) is 19.3. The minimum Gasteiger partial charge on any atom is -0.480 e. The molecule has 0 fully saturated rings. The van der Waals surface area contributed by atoms with Crippen molar-refractivity contribution >= 4 is 40.6 Å². The van der Waals surface area contributed by atoms with Gasteiger partial charge in [0, 0.05) is 30.1 Å². The molecule has 1 heterocycles. The first-order valence-corrected chi connectivity index (χ1v) is 13.5. The average Bonchev–Trinajstić information content (AvgIpc) is 3.34. The largest absolute Gasteiger partial charge is 0.480 e. The third-order valence-electron chi connectivity index (χ3n) is 6.91. The number of carbonyl (C=O) groups is 4. The predicted molar refractivity (Wildman–Crippen MR) is 154 cm³/mol. The maximum Gasteiger partial charge on any atom is 0.326 e. The number of para-hydroxylation sites is 1. The van der Waals surface area contributed by atoms with Crippen molar-refractivity contribution in [3.8, 4) is 0 Å². The highest BCUT2D eigenvalue weighted by Crippen LogP contribution is 2.19. The fraction of sp³-hybridized carbons (Fsp3) is 0.519. The number of benzene rings is 1. The zero-order valence-corrected chi connectivity index (χ0v) is 23.6. The highest BCUT2D eigenvalue weighted by atomic mass is 16.4. The van der Waals surface area contributed by atoms with Crippen molar-refractivity contribution in [3.05, 3.63) is 36.0 Å². The van der Waals surface area contributed by atoms with Gasteiger partial charge in [0.25, 0.3) is 0 Å². The van der Waals surface area contributed by atoms with Gasteiger partial charge in [0.05, 0.1) is 6.10 Å². The van der Waals surface area contributed by atoms with E-state index in [-0.39, 0.29) is 31.3 Å². The number of amides is 3. The third kappa shape index (κ3) is 9.76. The van der Waals surface area contributed by atoms with Crippen LogP contribution in [0.1, 0.15) is 45.6 Å². The molecule has 41 heavy (non-hydrogen) atoms. The molecule has 12 N–H and O–H groups in total. The van der Waals surface area contributed by atoms with E-state index in [1.54, 1.807) is 20.0 Å². The van der Waals surface area contributed by atoms with Gasteiger partial charge < -0.3 is 48.3 Å². The number of carboxylic acids is 1. The summed E-state index contributed by atoms with van der Waals surface area (Å²) >= 11 is 0. The number of hydrogen-bond donors (Lipinski definition) is 9. The Kier molecular flexibility index (Phi) is 12.5. The number of carboxylic acid groups (broad SMARTS) is 1. The Labute approximate surface area is 238 Å². The molecule has 0 bridgehead atoms. The van der Waals surface area contributed by atoms with Crippen molar-refractivity contribution in [2.45, 2.75) is 76.7 Å². The molecule has 2 rings (SSSR count). The second-order valence-electron chi connectivity index (χ2n) is 10.1. The molecule has 0 saturated heterocycles. The minimum absolute atomic E-state index is 0.0427. The quantitative estimate of drug-likeness (QED) is 0.0680. The molecular formula is C27H42N8O6. The second-order valence-corrected chi connectivity index (χ2v) is 10.1. The van der Waals surface area contributed by atoms with Gasteiger partial charge in [0.15, 0.2) is 5.96 Å². The third-order valence-corrected chi connectivity index (χ3v) is 6.91. The maximum absolute atomic E-state index is 13.6. The number of aliphatic hydroxyl groups excluding tert-OH is 1. The fourth-order valence-electron chi connectivity index (χ4n) is 4.20. The molecule has 1 aromatic heterocycles. The Morgan fingerprint density at radius 2 is 1.63 bits per heavy atom.